The van der Waals surface area contributed by atoms with Gasteiger partial charge in [-0.2, -0.15) is 0 Å². The second-order valence-electron chi connectivity index (χ2n) is 3.17. The van der Waals surface area contributed by atoms with Crippen LogP contribution in [-0.4, -0.2) is 15.8 Å². The van der Waals surface area contributed by atoms with Crippen LogP contribution in [0.3, 0.4) is 0 Å². The van der Waals surface area contributed by atoms with E-state index in [9.17, 15) is 4.79 Å². The van der Waals surface area contributed by atoms with Crippen molar-refractivity contribution < 1.29 is 4.79 Å². The van der Waals surface area contributed by atoms with Crippen molar-refractivity contribution in [1.29, 1.82) is 0 Å². The lowest BCUT2D eigenvalue weighted by Crippen LogP contribution is -1.93. The fraction of sp³-hybridized carbons (Fsp3) is 0. The maximum Gasteiger partial charge on any atom is 0.202 e. The van der Waals surface area contributed by atoms with Crippen LogP contribution in [0.2, 0.25) is 0 Å². The maximum absolute atomic E-state index is 11.6. The number of ketones is 1. The van der Waals surface area contributed by atoms with Gasteiger partial charge in [0.25, 0.3) is 0 Å². The molecule has 5 heteroatoms. The highest BCUT2D eigenvalue weighted by Crippen LogP contribution is 2.23. The van der Waals surface area contributed by atoms with Crippen molar-refractivity contribution in [2.24, 2.45) is 0 Å². The molecule has 0 unspecified atom stereocenters. The van der Waals surface area contributed by atoms with Gasteiger partial charge >= 0.3 is 0 Å². The molecule has 2 aromatic heterocycles. The zero-order chi connectivity index (χ0) is 11.5. The minimum Gasteiger partial charge on any atom is -0.359 e. The van der Waals surface area contributed by atoms with Gasteiger partial charge in [-0.1, -0.05) is 0 Å². The number of hydrogen-bond donors (Lipinski definition) is 2. The van der Waals surface area contributed by atoms with Gasteiger partial charge in [-0.3, -0.25) is 4.79 Å². The maximum atomic E-state index is 11.6. The summed E-state index contributed by atoms with van der Waals surface area (Å²) in [6, 6.07) is 5.43. The number of nitrogens with one attached hydrogen (secondary N) is 2. The molecule has 0 aliphatic carbocycles. The second-order valence-corrected chi connectivity index (χ2v) is 4.82. The molecule has 0 amide bonds. The number of H-pyrrole nitrogens is 2. The fourth-order valence-corrected chi connectivity index (χ4v) is 1.94. The monoisotopic (exact) mass is 342 g/mol. The largest absolute Gasteiger partial charge is 0.359 e. The molecule has 0 aliphatic heterocycles. The highest BCUT2D eigenvalue weighted by Gasteiger charge is 2.03. The number of aromatic amines is 2. The average Bonchev–Trinajstić information content (AvgIpc) is 2.86. The summed E-state index contributed by atoms with van der Waals surface area (Å²) in [4.78, 5) is 17.5. The zero-order valence-corrected chi connectivity index (χ0v) is 11.3. The molecule has 2 N–H and O–H groups in total. The molecule has 82 valence electrons. The number of rotatable bonds is 3. The molecule has 2 aromatic rings. The number of aromatic nitrogens is 2. The van der Waals surface area contributed by atoms with E-state index < -0.39 is 0 Å². The average molecular weight is 344 g/mol. The summed E-state index contributed by atoms with van der Waals surface area (Å²) < 4.78 is 1.79. The van der Waals surface area contributed by atoms with Crippen LogP contribution < -0.4 is 0 Å². The third-order valence-corrected chi connectivity index (χ3v) is 3.81. The Morgan fingerprint density at radius 2 is 2.19 bits per heavy atom. The van der Waals surface area contributed by atoms with Gasteiger partial charge in [-0.05, 0) is 62.2 Å². The Morgan fingerprint density at radius 1 is 1.38 bits per heavy atom. The van der Waals surface area contributed by atoms with E-state index in [0.717, 1.165) is 14.8 Å². The van der Waals surface area contributed by atoms with E-state index in [1.165, 1.54) is 6.08 Å². The standard InChI is InChI=1S/C11H8Br2N2O/c12-8-6-7(15-11(8)13)3-4-10(16)9-2-1-5-14-9/h1-6,14-15H/b4-3+. The van der Waals surface area contributed by atoms with Crippen LogP contribution in [0.15, 0.2) is 39.5 Å². The van der Waals surface area contributed by atoms with Crippen molar-refractivity contribution in [3.05, 3.63) is 50.9 Å². The lowest BCUT2D eigenvalue weighted by molar-refractivity contribution is 0.104. The Kier molecular flexibility index (Phi) is 3.46. The molecule has 0 saturated carbocycles. The fourth-order valence-electron chi connectivity index (χ4n) is 1.25. The van der Waals surface area contributed by atoms with Gasteiger partial charge in [0.15, 0.2) is 0 Å². The minimum atomic E-state index is -0.0492. The third-order valence-electron chi connectivity index (χ3n) is 2.02. The SMILES string of the molecule is O=C(/C=C/c1cc(Br)c(Br)[nH]1)c1ccc[nH]1. The first-order valence-corrected chi connectivity index (χ1v) is 6.15. The van der Waals surface area contributed by atoms with Gasteiger partial charge in [-0.15, -0.1) is 0 Å². The van der Waals surface area contributed by atoms with Gasteiger partial charge in [-0.25, -0.2) is 0 Å². The number of halogens is 2. The summed E-state index contributed by atoms with van der Waals surface area (Å²) in [5, 5.41) is 0. The van der Waals surface area contributed by atoms with Gasteiger partial charge in [0, 0.05) is 11.9 Å². The number of allylic oxidation sites excluding steroid dienone is 1. The van der Waals surface area contributed by atoms with Crippen LogP contribution in [0.1, 0.15) is 16.2 Å². The van der Waals surface area contributed by atoms with E-state index in [-0.39, 0.29) is 5.78 Å². The molecule has 0 spiro atoms. The van der Waals surface area contributed by atoms with Gasteiger partial charge < -0.3 is 9.97 Å². The molecule has 0 radical (unpaired) electrons. The molecular formula is C11H8Br2N2O. The Bertz CT molecular complexity index is 507. The van der Waals surface area contributed by atoms with E-state index in [4.69, 9.17) is 0 Å². The molecule has 2 rings (SSSR count). The van der Waals surface area contributed by atoms with E-state index in [0.29, 0.717) is 5.69 Å². The molecule has 0 atom stereocenters. The topological polar surface area (TPSA) is 48.6 Å². The summed E-state index contributed by atoms with van der Waals surface area (Å²) in [7, 11) is 0. The van der Waals surface area contributed by atoms with Crippen LogP contribution >= 0.6 is 31.9 Å². The molecule has 0 bridgehead atoms. The van der Waals surface area contributed by atoms with Crippen LogP contribution in [0, 0.1) is 0 Å². The number of hydrogen-bond acceptors (Lipinski definition) is 1. The van der Waals surface area contributed by atoms with E-state index in [2.05, 4.69) is 41.8 Å². The highest BCUT2D eigenvalue weighted by atomic mass is 79.9. The smallest absolute Gasteiger partial charge is 0.202 e. The van der Waals surface area contributed by atoms with Crippen LogP contribution in [0.4, 0.5) is 0 Å². The Labute approximate surface area is 109 Å². The van der Waals surface area contributed by atoms with Crippen molar-refractivity contribution in [3.8, 4) is 0 Å². The third kappa shape index (κ3) is 2.54. The second kappa shape index (κ2) is 4.84. The number of carbonyl (C=O) groups excluding carboxylic acids is 1. The Balaban J connectivity index is 2.13. The molecule has 16 heavy (non-hydrogen) atoms. The summed E-state index contributed by atoms with van der Waals surface area (Å²) >= 11 is 6.69. The molecule has 0 aliphatic rings. The first-order chi connectivity index (χ1) is 7.66. The quantitative estimate of drug-likeness (QED) is 0.647. The van der Waals surface area contributed by atoms with Crippen molar-refractivity contribution in [1.82, 2.24) is 9.97 Å². The van der Waals surface area contributed by atoms with E-state index >= 15 is 0 Å². The molecule has 3 nitrogen and oxygen atoms in total. The van der Waals surface area contributed by atoms with E-state index in [1.807, 2.05) is 6.07 Å². The summed E-state index contributed by atoms with van der Waals surface area (Å²) in [5.74, 6) is -0.0492. The van der Waals surface area contributed by atoms with E-state index in [1.54, 1.807) is 24.4 Å². The number of carbonyl (C=O) groups is 1. The summed E-state index contributed by atoms with van der Waals surface area (Å²) in [6.07, 6.45) is 4.98. The molecule has 2 heterocycles. The van der Waals surface area contributed by atoms with Crippen molar-refractivity contribution in [2.75, 3.05) is 0 Å². The zero-order valence-electron chi connectivity index (χ0n) is 8.13. The molecule has 0 aromatic carbocycles. The van der Waals surface area contributed by atoms with Crippen LogP contribution in [0.25, 0.3) is 6.08 Å². The van der Waals surface area contributed by atoms with Gasteiger partial charge in [0.1, 0.15) is 0 Å². The van der Waals surface area contributed by atoms with Crippen molar-refractivity contribution in [3.63, 3.8) is 0 Å². The van der Waals surface area contributed by atoms with Crippen LogP contribution in [0.5, 0.6) is 0 Å². The Morgan fingerprint density at radius 3 is 2.75 bits per heavy atom. The van der Waals surface area contributed by atoms with Crippen molar-refractivity contribution >= 4 is 43.7 Å². The highest BCUT2D eigenvalue weighted by molar-refractivity contribution is 9.13. The normalized spacial score (nSPS) is 11.1. The molecule has 0 saturated heterocycles. The van der Waals surface area contributed by atoms with Gasteiger partial charge in [0.05, 0.1) is 14.8 Å². The predicted molar refractivity (Wildman–Crippen MR) is 70.3 cm³/mol. The van der Waals surface area contributed by atoms with Crippen molar-refractivity contribution in [2.45, 2.75) is 0 Å². The minimum absolute atomic E-state index is 0.0492. The first kappa shape index (κ1) is 11.4. The van der Waals surface area contributed by atoms with Gasteiger partial charge in [0.2, 0.25) is 5.78 Å². The van der Waals surface area contributed by atoms with Crippen LogP contribution in [-0.2, 0) is 0 Å². The lowest BCUT2D eigenvalue weighted by atomic mass is 10.2. The summed E-state index contributed by atoms with van der Waals surface area (Å²) in [5.41, 5.74) is 1.44. The first-order valence-electron chi connectivity index (χ1n) is 4.56. The molecule has 0 fully saturated rings. The summed E-state index contributed by atoms with van der Waals surface area (Å²) in [6.45, 7) is 0. The lowest BCUT2D eigenvalue weighted by Gasteiger charge is -1.88. The molecular weight excluding hydrogens is 336 g/mol. The Hall–Kier alpha value is -1.07. The predicted octanol–water partition coefficient (Wildman–Crippen LogP) is 3.76.